The van der Waals surface area contributed by atoms with Gasteiger partial charge in [0.25, 0.3) is 5.91 Å². The summed E-state index contributed by atoms with van der Waals surface area (Å²) in [6.45, 7) is 4.40. The van der Waals surface area contributed by atoms with Crippen LogP contribution in [0.2, 0.25) is 0 Å². The molecule has 2 aliphatic rings. The van der Waals surface area contributed by atoms with Gasteiger partial charge in [0.1, 0.15) is 11.4 Å². The van der Waals surface area contributed by atoms with Gasteiger partial charge in [-0.1, -0.05) is 18.2 Å². The largest absolute Gasteiger partial charge is 0.421 e. The van der Waals surface area contributed by atoms with Crippen molar-refractivity contribution in [1.29, 1.82) is 0 Å². The maximum absolute atomic E-state index is 14.2. The van der Waals surface area contributed by atoms with Crippen LogP contribution >= 0.6 is 7.94 Å². The Kier molecular flexibility index (Phi) is 10.4. The van der Waals surface area contributed by atoms with E-state index in [-0.39, 0.29) is 48.0 Å². The van der Waals surface area contributed by atoms with Crippen LogP contribution in [0.1, 0.15) is 72.6 Å². The average Bonchev–Trinajstić information content (AvgIpc) is 3.67. The lowest BCUT2D eigenvalue weighted by molar-refractivity contribution is -0.137. The Hall–Kier alpha value is -4.14. The first-order valence-corrected chi connectivity index (χ1v) is 18.2. The lowest BCUT2D eigenvalue weighted by Gasteiger charge is -2.25. The molecule has 0 spiro atoms. The Labute approximate surface area is 288 Å². The zero-order valence-electron chi connectivity index (χ0n) is 27.9. The molecule has 0 unspecified atom stereocenters. The molecule has 0 atom stereocenters. The Morgan fingerprint density at radius 2 is 1.70 bits per heavy atom. The summed E-state index contributed by atoms with van der Waals surface area (Å²) >= 11 is 0. The van der Waals surface area contributed by atoms with Gasteiger partial charge in [-0.2, -0.15) is 37.2 Å². The first-order valence-electron chi connectivity index (χ1n) is 16.5. The molecule has 4 aromatic rings. The van der Waals surface area contributed by atoms with Crippen molar-refractivity contribution in [2.24, 2.45) is 0 Å². The first-order chi connectivity index (χ1) is 23.9. The Morgan fingerprint density at radius 1 is 1.00 bits per heavy atom. The SMILES string of the molecule is CCO[P+](O)(Cc1ccc(Nc2ncc(C(F)(F)F)c(Nc3ccc(-c4cnn(C5CCC(O)CC5)c4)c4c3C(=O)N(C)C4)n2)cc1)OCC. The third kappa shape index (κ3) is 7.77. The zero-order chi connectivity index (χ0) is 35.6. The van der Waals surface area contributed by atoms with Gasteiger partial charge in [0, 0.05) is 37.2 Å². The van der Waals surface area contributed by atoms with Crippen molar-refractivity contribution < 1.29 is 37.0 Å². The summed E-state index contributed by atoms with van der Waals surface area (Å²) in [6.07, 6.45) is 2.47. The molecule has 2 aromatic carbocycles. The van der Waals surface area contributed by atoms with Crippen LogP contribution in [0.25, 0.3) is 11.1 Å². The molecule has 50 heavy (non-hydrogen) atoms. The summed E-state index contributed by atoms with van der Waals surface area (Å²) in [6, 6.07) is 10.4. The fraction of sp³-hybridized carbons (Fsp3) is 0.412. The van der Waals surface area contributed by atoms with E-state index in [1.54, 1.807) is 63.5 Å². The van der Waals surface area contributed by atoms with Gasteiger partial charge in [-0.15, -0.1) is 0 Å². The van der Waals surface area contributed by atoms with Gasteiger partial charge in [0.15, 0.2) is 6.16 Å². The minimum absolute atomic E-state index is 0.0970. The van der Waals surface area contributed by atoms with E-state index in [9.17, 15) is 28.0 Å². The number of carbonyl (C=O) groups is 1. The number of amides is 1. The zero-order valence-corrected chi connectivity index (χ0v) is 28.8. The molecule has 0 radical (unpaired) electrons. The second kappa shape index (κ2) is 14.6. The highest BCUT2D eigenvalue weighted by Gasteiger charge is 2.40. The first kappa shape index (κ1) is 35.7. The number of alkyl halides is 3. The molecule has 1 saturated carbocycles. The van der Waals surface area contributed by atoms with Crippen LogP contribution in [-0.4, -0.2) is 66.9 Å². The number of nitrogens with zero attached hydrogens (tertiary/aromatic N) is 5. The number of rotatable bonds is 12. The Morgan fingerprint density at radius 3 is 2.36 bits per heavy atom. The molecular formula is C34H40F3N7O5P+. The topological polar surface area (TPSA) is 147 Å². The number of halogens is 3. The third-order valence-corrected chi connectivity index (χ3v) is 10.9. The second-order valence-electron chi connectivity index (χ2n) is 12.4. The molecule has 0 saturated heterocycles. The number of fused-ring (bicyclic) bond motifs is 1. The lowest BCUT2D eigenvalue weighted by atomic mass is 9.93. The average molecular weight is 715 g/mol. The van der Waals surface area contributed by atoms with Crippen molar-refractivity contribution in [2.45, 2.75) is 70.6 Å². The van der Waals surface area contributed by atoms with Crippen LogP contribution < -0.4 is 10.6 Å². The quantitative estimate of drug-likeness (QED) is 0.111. The highest BCUT2D eigenvalue weighted by atomic mass is 31.2. The predicted octanol–water partition coefficient (Wildman–Crippen LogP) is 7.24. The summed E-state index contributed by atoms with van der Waals surface area (Å²) in [7, 11) is -1.43. The molecule has 1 aliphatic heterocycles. The molecule has 3 heterocycles. The number of nitrogens with one attached hydrogen (secondary N) is 2. The van der Waals surface area contributed by atoms with Crippen molar-refractivity contribution in [3.8, 4) is 11.1 Å². The normalized spacial score (nSPS) is 18.0. The smallest absolute Gasteiger partial charge is 0.393 e. The Balaban J connectivity index is 1.27. The standard InChI is InChI=1S/C34H39F3N7O5P/c1-4-48-50(47,49-5-2)20-21-6-8-23(9-7-21)40-33-38-17-28(34(35,36)37)31(42-33)41-29-15-14-26(27-19-43(3)32(46)30(27)29)22-16-39-44(18-22)24-10-12-25(45)13-11-24/h6-9,14-18,24-25,45,47H,4-5,10-13,19-20H2,1-3H3,(H-,38,40,41,42,46)/p+1. The minimum Gasteiger partial charge on any atom is -0.393 e. The van der Waals surface area contributed by atoms with Gasteiger partial charge in [-0.25, -0.2) is 4.98 Å². The molecule has 1 fully saturated rings. The number of aliphatic hydroxyl groups excluding tert-OH is 1. The fourth-order valence-corrected chi connectivity index (χ4v) is 8.12. The number of benzene rings is 2. The van der Waals surface area contributed by atoms with Crippen LogP contribution in [0, 0.1) is 0 Å². The molecule has 1 amide bonds. The molecule has 0 bridgehead atoms. The molecule has 16 heteroatoms. The lowest BCUT2D eigenvalue weighted by Crippen LogP contribution is -2.21. The molecule has 12 nitrogen and oxygen atoms in total. The van der Waals surface area contributed by atoms with E-state index in [0.717, 1.165) is 29.5 Å². The highest BCUT2D eigenvalue weighted by Crippen LogP contribution is 2.59. The van der Waals surface area contributed by atoms with Gasteiger partial charge in [-0.05, 0) is 74.4 Å². The number of hydrogen-bond donors (Lipinski definition) is 4. The number of anilines is 4. The van der Waals surface area contributed by atoms with E-state index in [0.29, 0.717) is 43.5 Å². The maximum Gasteiger partial charge on any atom is 0.421 e. The summed E-state index contributed by atoms with van der Waals surface area (Å²) in [5.41, 5.74) is 2.83. The Bertz CT molecular complexity index is 1820. The summed E-state index contributed by atoms with van der Waals surface area (Å²) in [5, 5.41) is 20.2. The molecule has 2 aromatic heterocycles. The van der Waals surface area contributed by atoms with E-state index < -0.39 is 25.5 Å². The fourth-order valence-electron chi connectivity index (χ4n) is 6.39. The van der Waals surface area contributed by atoms with Crippen molar-refractivity contribution in [1.82, 2.24) is 24.6 Å². The van der Waals surface area contributed by atoms with Gasteiger partial charge >= 0.3 is 14.1 Å². The number of aromatic nitrogens is 4. The molecule has 1 aliphatic carbocycles. The third-order valence-electron chi connectivity index (χ3n) is 8.82. The minimum atomic E-state index is -4.78. The van der Waals surface area contributed by atoms with E-state index >= 15 is 0 Å². The van der Waals surface area contributed by atoms with E-state index in [1.807, 2.05) is 10.9 Å². The van der Waals surface area contributed by atoms with Crippen LogP contribution in [-0.2, 0) is 27.9 Å². The van der Waals surface area contributed by atoms with Crippen molar-refractivity contribution >= 4 is 37.0 Å². The van der Waals surface area contributed by atoms with E-state index in [1.165, 1.54) is 4.90 Å². The monoisotopic (exact) mass is 714 g/mol. The number of carbonyl (C=O) groups excluding carboxylic acids is 1. The summed E-state index contributed by atoms with van der Waals surface area (Å²) < 4.78 is 55.4. The number of aliphatic hydroxyl groups is 1. The number of hydrogen-bond acceptors (Lipinski definition) is 10. The maximum atomic E-state index is 14.2. The summed E-state index contributed by atoms with van der Waals surface area (Å²) in [4.78, 5) is 33.7. The summed E-state index contributed by atoms with van der Waals surface area (Å²) in [5.74, 6) is -0.943. The van der Waals surface area contributed by atoms with Gasteiger partial charge in [0.2, 0.25) is 5.95 Å². The van der Waals surface area contributed by atoms with Gasteiger partial charge in [-0.3, -0.25) is 9.48 Å². The van der Waals surface area contributed by atoms with Crippen molar-refractivity contribution in [3.05, 3.63) is 77.2 Å². The molecule has 6 rings (SSSR count). The van der Waals surface area contributed by atoms with Crippen LogP contribution in [0.15, 0.2) is 55.0 Å². The van der Waals surface area contributed by atoms with Crippen LogP contribution in [0.5, 0.6) is 0 Å². The predicted molar refractivity (Wildman–Crippen MR) is 183 cm³/mol. The van der Waals surface area contributed by atoms with E-state index in [4.69, 9.17) is 9.05 Å². The van der Waals surface area contributed by atoms with E-state index in [2.05, 4.69) is 25.7 Å². The molecular weight excluding hydrogens is 674 g/mol. The molecule has 4 N–H and O–H groups in total. The highest BCUT2D eigenvalue weighted by molar-refractivity contribution is 7.59. The molecule has 266 valence electrons. The van der Waals surface area contributed by atoms with Crippen molar-refractivity contribution in [2.75, 3.05) is 30.9 Å². The second-order valence-corrected chi connectivity index (χ2v) is 14.5. The van der Waals surface area contributed by atoms with Crippen LogP contribution in [0.4, 0.5) is 36.3 Å². The van der Waals surface area contributed by atoms with Gasteiger partial charge in [0.05, 0.1) is 42.8 Å². The van der Waals surface area contributed by atoms with Crippen molar-refractivity contribution in [3.63, 3.8) is 0 Å². The van der Waals surface area contributed by atoms with Crippen LogP contribution in [0.3, 0.4) is 0 Å². The van der Waals surface area contributed by atoms with Gasteiger partial charge < -0.3 is 20.6 Å².